The van der Waals surface area contributed by atoms with Gasteiger partial charge in [-0.05, 0) is 49.7 Å². The molecule has 0 bridgehead atoms. The summed E-state index contributed by atoms with van der Waals surface area (Å²) in [5.41, 5.74) is 2.20. The van der Waals surface area contributed by atoms with E-state index in [0.717, 1.165) is 23.4 Å². The lowest BCUT2D eigenvalue weighted by Gasteiger charge is -2.26. The molecule has 1 aliphatic heterocycles. The summed E-state index contributed by atoms with van der Waals surface area (Å²) in [5, 5.41) is 0. The van der Waals surface area contributed by atoms with Crippen molar-refractivity contribution in [2.45, 2.75) is 19.3 Å². The van der Waals surface area contributed by atoms with Crippen LogP contribution in [0, 0.1) is 0 Å². The molecule has 0 N–H and O–H groups in total. The molecule has 3 rings (SSSR count). The highest BCUT2D eigenvalue weighted by atomic mass is 16.5. The molecule has 1 aromatic carbocycles. The number of rotatable bonds is 6. The highest BCUT2D eigenvalue weighted by Gasteiger charge is 2.09. The number of methoxy groups -OCH3 is 1. The van der Waals surface area contributed by atoms with Crippen molar-refractivity contribution in [3.05, 3.63) is 42.6 Å². The van der Waals surface area contributed by atoms with E-state index in [4.69, 9.17) is 9.47 Å². The molecule has 0 unspecified atom stereocenters. The lowest BCUT2D eigenvalue weighted by molar-refractivity contribution is 0.180. The van der Waals surface area contributed by atoms with Gasteiger partial charge in [-0.2, -0.15) is 0 Å². The largest absolute Gasteiger partial charge is 0.497 e. The van der Waals surface area contributed by atoms with Crippen LogP contribution in [0.1, 0.15) is 19.3 Å². The zero-order valence-electron chi connectivity index (χ0n) is 13.7. The van der Waals surface area contributed by atoms with Crippen molar-refractivity contribution in [3.63, 3.8) is 0 Å². The van der Waals surface area contributed by atoms with E-state index in [1.807, 2.05) is 42.6 Å². The second kappa shape index (κ2) is 7.97. The van der Waals surface area contributed by atoms with Gasteiger partial charge in [-0.1, -0.05) is 18.6 Å². The quantitative estimate of drug-likeness (QED) is 0.816. The number of benzene rings is 1. The van der Waals surface area contributed by atoms with Crippen LogP contribution in [0.25, 0.3) is 11.1 Å². The molecule has 0 aliphatic carbocycles. The van der Waals surface area contributed by atoms with Crippen molar-refractivity contribution >= 4 is 0 Å². The SMILES string of the molecule is COc1ccc(-c2ccc(OCCN3CCCCC3)nc2)cc1. The van der Waals surface area contributed by atoms with E-state index in [1.54, 1.807) is 7.11 Å². The topological polar surface area (TPSA) is 34.6 Å². The number of ether oxygens (including phenoxy) is 2. The van der Waals surface area contributed by atoms with Crippen LogP contribution in [-0.2, 0) is 0 Å². The molecule has 23 heavy (non-hydrogen) atoms. The summed E-state index contributed by atoms with van der Waals surface area (Å²) >= 11 is 0. The maximum Gasteiger partial charge on any atom is 0.213 e. The van der Waals surface area contributed by atoms with E-state index >= 15 is 0 Å². The average Bonchev–Trinajstić information content (AvgIpc) is 2.63. The first-order valence-electron chi connectivity index (χ1n) is 8.31. The molecule has 0 amide bonds. The molecule has 1 saturated heterocycles. The first kappa shape index (κ1) is 15.8. The Morgan fingerprint density at radius 2 is 1.70 bits per heavy atom. The zero-order chi connectivity index (χ0) is 15.9. The summed E-state index contributed by atoms with van der Waals surface area (Å²) in [7, 11) is 1.67. The lowest BCUT2D eigenvalue weighted by Crippen LogP contribution is -2.33. The fourth-order valence-electron chi connectivity index (χ4n) is 2.88. The second-order valence-corrected chi connectivity index (χ2v) is 5.86. The number of pyridine rings is 1. The predicted octanol–water partition coefficient (Wildman–Crippen LogP) is 3.62. The molecule has 1 aliphatic rings. The van der Waals surface area contributed by atoms with Crippen LogP contribution in [0.15, 0.2) is 42.6 Å². The number of aromatic nitrogens is 1. The normalized spacial score (nSPS) is 15.3. The molecule has 0 saturated carbocycles. The summed E-state index contributed by atoms with van der Waals surface area (Å²) < 4.78 is 10.9. The van der Waals surface area contributed by atoms with Gasteiger partial charge < -0.3 is 9.47 Å². The van der Waals surface area contributed by atoms with Crippen LogP contribution >= 0.6 is 0 Å². The minimum atomic E-state index is 0.694. The standard InChI is InChI=1S/C19H24N2O2/c1-22-18-8-5-16(6-9-18)17-7-10-19(20-15-17)23-14-13-21-11-3-2-4-12-21/h5-10,15H,2-4,11-14H2,1H3. The molecule has 0 spiro atoms. The van der Waals surface area contributed by atoms with Gasteiger partial charge in [0.05, 0.1) is 7.11 Å². The Hall–Kier alpha value is -2.07. The molecule has 122 valence electrons. The number of nitrogens with zero attached hydrogens (tertiary/aromatic N) is 2. The fourth-order valence-corrected chi connectivity index (χ4v) is 2.88. The van der Waals surface area contributed by atoms with Gasteiger partial charge >= 0.3 is 0 Å². The summed E-state index contributed by atoms with van der Waals surface area (Å²) in [4.78, 5) is 6.88. The minimum absolute atomic E-state index is 0.694. The predicted molar refractivity (Wildman–Crippen MR) is 92.0 cm³/mol. The Balaban J connectivity index is 1.51. The van der Waals surface area contributed by atoms with Gasteiger partial charge in [0.2, 0.25) is 5.88 Å². The smallest absolute Gasteiger partial charge is 0.213 e. The Labute approximate surface area is 138 Å². The first-order valence-corrected chi connectivity index (χ1v) is 8.31. The molecular formula is C19H24N2O2. The van der Waals surface area contributed by atoms with Crippen molar-refractivity contribution in [1.29, 1.82) is 0 Å². The highest BCUT2D eigenvalue weighted by molar-refractivity contribution is 5.63. The van der Waals surface area contributed by atoms with Crippen LogP contribution in [0.3, 0.4) is 0 Å². The van der Waals surface area contributed by atoms with E-state index in [2.05, 4.69) is 9.88 Å². The third-order valence-electron chi connectivity index (χ3n) is 4.27. The number of piperidine rings is 1. The van der Waals surface area contributed by atoms with Crippen molar-refractivity contribution < 1.29 is 9.47 Å². The third kappa shape index (κ3) is 4.45. The number of hydrogen-bond donors (Lipinski definition) is 0. The maximum absolute atomic E-state index is 5.76. The molecule has 0 atom stereocenters. The summed E-state index contributed by atoms with van der Waals surface area (Å²) in [6.45, 7) is 4.09. The average molecular weight is 312 g/mol. The third-order valence-corrected chi connectivity index (χ3v) is 4.27. The van der Waals surface area contributed by atoms with E-state index in [-0.39, 0.29) is 0 Å². The van der Waals surface area contributed by atoms with Crippen LogP contribution < -0.4 is 9.47 Å². The molecular weight excluding hydrogens is 288 g/mol. The monoisotopic (exact) mass is 312 g/mol. The Morgan fingerprint density at radius 3 is 2.35 bits per heavy atom. The second-order valence-electron chi connectivity index (χ2n) is 5.86. The molecule has 4 nitrogen and oxygen atoms in total. The summed E-state index contributed by atoms with van der Waals surface area (Å²) in [5.74, 6) is 1.55. The van der Waals surface area contributed by atoms with Crippen molar-refractivity contribution in [2.75, 3.05) is 33.4 Å². The highest BCUT2D eigenvalue weighted by Crippen LogP contribution is 2.23. The van der Waals surface area contributed by atoms with Crippen molar-refractivity contribution in [2.24, 2.45) is 0 Å². The molecule has 1 fully saturated rings. The molecule has 0 radical (unpaired) electrons. The zero-order valence-corrected chi connectivity index (χ0v) is 13.7. The lowest BCUT2D eigenvalue weighted by atomic mass is 10.1. The molecule has 2 aromatic rings. The summed E-state index contributed by atoms with van der Waals surface area (Å²) in [6, 6.07) is 12.0. The first-order chi connectivity index (χ1) is 11.3. The van der Waals surface area contributed by atoms with Gasteiger partial charge in [0.15, 0.2) is 0 Å². The van der Waals surface area contributed by atoms with Crippen molar-refractivity contribution in [1.82, 2.24) is 9.88 Å². The van der Waals surface area contributed by atoms with Crippen LogP contribution in [-0.4, -0.2) is 43.2 Å². The van der Waals surface area contributed by atoms with Gasteiger partial charge in [0.1, 0.15) is 12.4 Å². The minimum Gasteiger partial charge on any atom is -0.497 e. The summed E-state index contributed by atoms with van der Waals surface area (Å²) in [6.07, 6.45) is 5.85. The van der Waals surface area contributed by atoms with Gasteiger partial charge in [-0.25, -0.2) is 4.98 Å². The number of hydrogen-bond acceptors (Lipinski definition) is 4. The van der Waals surface area contributed by atoms with E-state index in [1.165, 1.54) is 32.4 Å². The molecule has 2 heterocycles. The Morgan fingerprint density at radius 1 is 0.957 bits per heavy atom. The van der Waals surface area contributed by atoms with E-state index < -0.39 is 0 Å². The van der Waals surface area contributed by atoms with Crippen LogP contribution in [0.5, 0.6) is 11.6 Å². The Bertz CT molecular complexity index is 590. The van der Waals surface area contributed by atoms with Gasteiger partial charge in [0, 0.05) is 24.4 Å². The van der Waals surface area contributed by atoms with Crippen molar-refractivity contribution in [3.8, 4) is 22.8 Å². The number of likely N-dealkylation sites (tertiary alicyclic amines) is 1. The van der Waals surface area contributed by atoms with Gasteiger partial charge in [-0.3, -0.25) is 4.90 Å². The van der Waals surface area contributed by atoms with E-state index in [0.29, 0.717) is 12.5 Å². The maximum atomic E-state index is 5.76. The van der Waals surface area contributed by atoms with Crippen LogP contribution in [0.2, 0.25) is 0 Å². The van der Waals surface area contributed by atoms with E-state index in [9.17, 15) is 0 Å². The molecule has 1 aromatic heterocycles. The van der Waals surface area contributed by atoms with Gasteiger partial charge in [-0.15, -0.1) is 0 Å². The fraction of sp³-hybridized carbons (Fsp3) is 0.421. The Kier molecular flexibility index (Phi) is 5.48. The van der Waals surface area contributed by atoms with Gasteiger partial charge in [0.25, 0.3) is 0 Å². The molecule has 4 heteroatoms. The van der Waals surface area contributed by atoms with Crippen LogP contribution in [0.4, 0.5) is 0 Å².